The van der Waals surface area contributed by atoms with Gasteiger partial charge in [0.15, 0.2) is 0 Å². The van der Waals surface area contributed by atoms with Crippen molar-refractivity contribution in [1.29, 1.82) is 0 Å². The molecule has 1 rings (SSSR count). The second kappa shape index (κ2) is 5.80. The van der Waals surface area contributed by atoms with Crippen LogP contribution in [0.4, 0.5) is 4.39 Å². The fourth-order valence-corrected chi connectivity index (χ4v) is 0.872. The van der Waals surface area contributed by atoms with E-state index in [0.29, 0.717) is 12.4 Å². The van der Waals surface area contributed by atoms with Gasteiger partial charge in [-0.15, -0.1) is 0 Å². The summed E-state index contributed by atoms with van der Waals surface area (Å²) < 4.78 is 22.2. The maximum Gasteiger partial charge on any atom is 0.333 e. The Hall–Kier alpha value is -1.84. The summed E-state index contributed by atoms with van der Waals surface area (Å²) in [6.07, 6.45) is 2.36. The molecule has 3 nitrogen and oxygen atoms in total. The summed E-state index contributed by atoms with van der Waals surface area (Å²) in [6.45, 7) is 2.03. The predicted octanol–water partition coefficient (Wildman–Crippen LogP) is 2.28. The monoisotopic (exact) mass is 210 g/mol. The van der Waals surface area contributed by atoms with Crippen LogP contribution in [0.3, 0.4) is 0 Å². The van der Waals surface area contributed by atoms with E-state index in [-0.39, 0.29) is 5.82 Å². The van der Waals surface area contributed by atoms with Gasteiger partial charge in [0, 0.05) is 0 Å². The molecule has 0 aliphatic heterocycles. The zero-order valence-electron chi connectivity index (χ0n) is 8.27. The average molecular weight is 210 g/mol. The van der Waals surface area contributed by atoms with Gasteiger partial charge in [0.1, 0.15) is 11.6 Å². The van der Waals surface area contributed by atoms with Gasteiger partial charge < -0.3 is 9.47 Å². The van der Waals surface area contributed by atoms with Crippen LogP contribution in [0.25, 0.3) is 0 Å². The standard InChI is InChI=1S/C11H11FO3/c1-2-14-11(13)7-8-15-10-5-3-9(12)4-6-10/h3-8H,2H2,1H3/b8-7-. The average Bonchev–Trinajstić information content (AvgIpc) is 2.21. The summed E-state index contributed by atoms with van der Waals surface area (Å²) in [4.78, 5) is 10.8. The molecule has 4 heteroatoms. The highest BCUT2D eigenvalue weighted by atomic mass is 19.1. The molecule has 0 saturated heterocycles. The molecule has 0 aliphatic carbocycles. The van der Waals surface area contributed by atoms with Crippen molar-refractivity contribution in [3.05, 3.63) is 42.4 Å². The largest absolute Gasteiger partial charge is 0.465 e. The van der Waals surface area contributed by atoms with Gasteiger partial charge in [-0.2, -0.15) is 0 Å². The SMILES string of the molecule is CCOC(=O)/C=C\Oc1ccc(F)cc1. The molecule has 15 heavy (non-hydrogen) atoms. The van der Waals surface area contributed by atoms with Crippen molar-refractivity contribution < 1.29 is 18.7 Å². The second-order valence-corrected chi connectivity index (χ2v) is 2.63. The van der Waals surface area contributed by atoms with Crippen LogP contribution in [0.15, 0.2) is 36.6 Å². The molecule has 0 saturated carbocycles. The first kappa shape index (κ1) is 11.2. The zero-order chi connectivity index (χ0) is 11.1. The van der Waals surface area contributed by atoms with Crippen LogP contribution in [0.1, 0.15) is 6.92 Å². The summed E-state index contributed by atoms with van der Waals surface area (Å²) in [7, 11) is 0. The minimum atomic E-state index is -0.473. The third-order valence-electron chi connectivity index (χ3n) is 1.51. The highest BCUT2D eigenvalue weighted by Crippen LogP contribution is 2.10. The maximum absolute atomic E-state index is 12.5. The lowest BCUT2D eigenvalue weighted by molar-refractivity contribution is -0.137. The molecule has 0 heterocycles. The molecular weight excluding hydrogens is 199 g/mol. The molecule has 1 aromatic carbocycles. The fourth-order valence-electron chi connectivity index (χ4n) is 0.872. The molecule has 0 radical (unpaired) electrons. The highest BCUT2D eigenvalue weighted by molar-refractivity contribution is 5.81. The number of ether oxygens (including phenoxy) is 2. The summed E-state index contributed by atoms with van der Waals surface area (Å²) >= 11 is 0. The van der Waals surface area contributed by atoms with Crippen molar-refractivity contribution >= 4 is 5.97 Å². The molecule has 0 atom stereocenters. The quantitative estimate of drug-likeness (QED) is 0.434. The number of hydrogen-bond acceptors (Lipinski definition) is 3. The van der Waals surface area contributed by atoms with Gasteiger partial charge in [-0.05, 0) is 31.2 Å². The van der Waals surface area contributed by atoms with Crippen LogP contribution in [-0.2, 0) is 9.53 Å². The van der Waals surface area contributed by atoms with Crippen LogP contribution < -0.4 is 4.74 Å². The van der Waals surface area contributed by atoms with E-state index in [9.17, 15) is 9.18 Å². The van der Waals surface area contributed by atoms with Crippen LogP contribution in [0.5, 0.6) is 5.75 Å². The van der Waals surface area contributed by atoms with E-state index in [1.54, 1.807) is 6.92 Å². The molecule has 1 aromatic rings. The van der Waals surface area contributed by atoms with E-state index in [1.165, 1.54) is 30.5 Å². The Morgan fingerprint density at radius 2 is 2.07 bits per heavy atom. The summed E-state index contributed by atoms with van der Waals surface area (Å²) in [5.41, 5.74) is 0. The Morgan fingerprint density at radius 3 is 2.67 bits per heavy atom. The van der Waals surface area contributed by atoms with Gasteiger partial charge in [-0.3, -0.25) is 0 Å². The van der Waals surface area contributed by atoms with E-state index in [4.69, 9.17) is 4.74 Å². The Labute approximate surface area is 87.1 Å². The molecule has 0 aromatic heterocycles. The van der Waals surface area contributed by atoms with Crippen molar-refractivity contribution in [2.45, 2.75) is 6.92 Å². The van der Waals surface area contributed by atoms with Gasteiger partial charge in [0.05, 0.1) is 18.9 Å². The van der Waals surface area contributed by atoms with E-state index in [2.05, 4.69) is 4.74 Å². The van der Waals surface area contributed by atoms with Crippen LogP contribution in [0.2, 0.25) is 0 Å². The molecule has 0 amide bonds. The molecule has 0 aliphatic rings. The topological polar surface area (TPSA) is 35.5 Å². The van der Waals surface area contributed by atoms with Gasteiger partial charge >= 0.3 is 5.97 Å². The first-order valence-electron chi connectivity index (χ1n) is 4.48. The third kappa shape index (κ3) is 4.26. The van der Waals surface area contributed by atoms with Crippen molar-refractivity contribution in [3.63, 3.8) is 0 Å². The molecule has 0 spiro atoms. The Morgan fingerprint density at radius 1 is 1.40 bits per heavy atom. The molecule has 80 valence electrons. The van der Waals surface area contributed by atoms with Gasteiger partial charge in [-0.1, -0.05) is 0 Å². The second-order valence-electron chi connectivity index (χ2n) is 2.63. The van der Waals surface area contributed by atoms with Gasteiger partial charge in [0.25, 0.3) is 0 Å². The van der Waals surface area contributed by atoms with Crippen molar-refractivity contribution in [2.75, 3.05) is 6.61 Å². The summed E-state index contributed by atoms with van der Waals surface area (Å²) in [5.74, 6) is -0.353. The van der Waals surface area contributed by atoms with Crippen molar-refractivity contribution in [1.82, 2.24) is 0 Å². The number of carbonyl (C=O) groups excluding carboxylic acids is 1. The highest BCUT2D eigenvalue weighted by Gasteiger charge is 1.94. The van der Waals surface area contributed by atoms with Gasteiger partial charge in [-0.25, -0.2) is 9.18 Å². The van der Waals surface area contributed by atoms with Gasteiger partial charge in [0.2, 0.25) is 0 Å². The Balaban J connectivity index is 2.43. The predicted molar refractivity (Wildman–Crippen MR) is 52.8 cm³/mol. The fraction of sp³-hybridized carbons (Fsp3) is 0.182. The molecule has 0 fully saturated rings. The summed E-state index contributed by atoms with van der Waals surface area (Å²) in [5, 5.41) is 0. The van der Waals surface area contributed by atoms with Crippen LogP contribution >= 0.6 is 0 Å². The summed E-state index contributed by atoms with van der Waals surface area (Å²) in [6, 6.07) is 5.47. The lowest BCUT2D eigenvalue weighted by Crippen LogP contribution is -1.99. The van der Waals surface area contributed by atoms with E-state index in [0.717, 1.165) is 6.08 Å². The smallest absolute Gasteiger partial charge is 0.333 e. The van der Waals surface area contributed by atoms with E-state index >= 15 is 0 Å². The third-order valence-corrected chi connectivity index (χ3v) is 1.51. The van der Waals surface area contributed by atoms with Crippen LogP contribution in [-0.4, -0.2) is 12.6 Å². The van der Waals surface area contributed by atoms with Crippen molar-refractivity contribution in [2.24, 2.45) is 0 Å². The normalized spacial score (nSPS) is 10.3. The Kier molecular flexibility index (Phi) is 4.34. The number of rotatable bonds is 4. The molecule has 0 bridgehead atoms. The molecule has 0 unspecified atom stereocenters. The lowest BCUT2D eigenvalue weighted by Gasteiger charge is -1.99. The number of benzene rings is 1. The number of hydrogen-bond donors (Lipinski definition) is 0. The maximum atomic E-state index is 12.5. The first-order valence-corrected chi connectivity index (χ1v) is 4.48. The minimum Gasteiger partial charge on any atom is -0.465 e. The molecule has 0 N–H and O–H groups in total. The number of carbonyl (C=O) groups is 1. The van der Waals surface area contributed by atoms with E-state index < -0.39 is 5.97 Å². The zero-order valence-corrected chi connectivity index (χ0v) is 8.27. The van der Waals surface area contributed by atoms with E-state index in [1.807, 2.05) is 0 Å². The number of esters is 1. The minimum absolute atomic E-state index is 0.319. The molecular formula is C11H11FO3. The number of halogens is 1. The van der Waals surface area contributed by atoms with Crippen LogP contribution in [0, 0.1) is 5.82 Å². The van der Waals surface area contributed by atoms with Crippen molar-refractivity contribution in [3.8, 4) is 5.75 Å². The Bertz CT molecular complexity index is 343. The first-order chi connectivity index (χ1) is 7.22. The lowest BCUT2D eigenvalue weighted by atomic mass is 10.3.